The van der Waals surface area contributed by atoms with Crippen LogP contribution in [0.4, 0.5) is 0 Å². The Labute approximate surface area is 136 Å². The number of amides is 1. The maximum atomic E-state index is 12.8. The number of aryl methyl sites for hydroxylation is 2. The van der Waals surface area contributed by atoms with Gasteiger partial charge in [-0.05, 0) is 26.3 Å². The molecule has 1 aliphatic rings. The molecule has 1 unspecified atom stereocenters. The number of H-pyrrole nitrogens is 1. The first kappa shape index (κ1) is 15.7. The molecule has 0 aliphatic carbocycles. The van der Waals surface area contributed by atoms with E-state index in [1.165, 1.54) is 0 Å². The van der Waals surface area contributed by atoms with E-state index in [2.05, 4.69) is 10.2 Å². The van der Waals surface area contributed by atoms with Crippen molar-refractivity contribution in [2.24, 2.45) is 0 Å². The second-order valence-corrected chi connectivity index (χ2v) is 6.57. The molecule has 1 amide bonds. The van der Waals surface area contributed by atoms with Gasteiger partial charge in [0.15, 0.2) is 0 Å². The summed E-state index contributed by atoms with van der Waals surface area (Å²) in [5.41, 5.74) is 3.57. The lowest BCUT2D eigenvalue weighted by Gasteiger charge is -2.50. The summed E-state index contributed by atoms with van der Waals surface area (Å²) in [5, 5.41) is 17.0. The first-order valence-electron chi connectivity index (χ1n) is 7.95. The topological polar surface area (TPSA) is 69.2 Å². The van der Waals surface area contributed by atoms with Crippen molar-refractivity contribution < 1.29 is 9.90 Å². The highest BCUT2D eigenvalue weighted by Crippen LogP contribution is 2.36. The van der Waals surface area contributed by atoms with Crippen LogP contribution in [0.1, 0.15) is 35.4 Å². The number of hydrogen-bond acceptors (Lipinski definition) is 3. The molecule has 23 heavy (non-hydrogen) atoms. The molecule has 0 bridgehead atoms. The van der Waals surface area contributed by atoms with E-state index in [4.69, 9.17) is 0 Å². The lowest BCUT2D eigenvalue weighted by molar-refractivity contribution is -0.141. The van der Waals surface area contributed by atoms with Crippen LogP contribution in [0.25, 0.3) is 0 Å². The number of aliphatic hydroxyl groups is 1. The number of carbonyl (C=O) groups excluding carboxylic acids is 1. The fourth-order valence-corrected chi connectivity index (χ4v) is 3.60. The van der Waals surface area contributed by atoms with E-state index in [0.29, 0.717) is 13.1 Å². The molecule has 122 valence electrons. The Kier molecular flexibility index (Phi) is 3.98. The minimum absolute atomic E-state index is 0.0545. The second-order valence-electron chi connectivity index (χ2n) is 6.57. The monoisotopic (exact) mass is 313 g/mol. The van der Waals surface area contributed by atoms with Gasteiger partial charge in [0.05, 0.1) is 23.6 Å². The van der Waals surface area contributed by atoms with Gasteiger partial charge in [-0.15, -0.1) is 0 Å². The van der Waals surface area contributed by atoms with Gasteiger partial charge in [0.1, 0.15) is 0 Å². The number of carbonyl (C=O) groups is 1. The number of aromatic nitrogens is 2. The maximum Gasteiger partial charge on any atom is 0.230 e. The lowest BCUT2D eigenvalue weighted by Crippen LogP contribution is -2.63. The smallest absolute Gasteiger partial charge is 0.230 e. The van der Waals surface area contributed by atoms with Crippen molar-refractivity contribution in [1.82, 2.24) is 15.1 Å². The highest BCUT2D eigenvalue weighted by molar-refractivity contribution is 5.85. The molecule has 1 saturated heterocycles. The summed E-state index contributed by atoms with van der Waals surface area (Å²) in [7, 11) is 0. The third kappa shape index (κ3) is 2.55. The van der Waals surface area contributed by atoms with Crippen LogP contribution >= 0.6 is 0 Å². The molecule has 1 aromatic carbocycles. The number of aromatic amines is 1. The average molecular weight is 313 g/mol. The van der Waals surface area contributed by atoms with Gasteiger partial charge in [-0.1, -0.05) is 30.3 Å². The second kappa shape index (κ2) is 5.81. The fourth-order valence-electron chi connectivity index (χ4n) is 3.60. The van der Waals surface area contributed by atoms with Crippen LogP contribution in [0.5, 0.6) is 0 Å². The van der Waals surface area contributed by atoms with Crippen LogP contribution in [0, 0.1) is 13.8 Å². The van der Waals surface area contributed by atoms with Crippen molar-refractivity contribution in [3.63, 3.8) is 0 Å². The summed E-state index contributed by atoms with van der Waals surface area (Å²) in [4.78, 5) is 14.6. The standard InChI is InChI=1S/C18H23N3O2/c1-12(16-13(2)19-20-14(16)3)17(23)21-9-18(10-21,11-22)15-7-5-4-6-8-15/h4-8,12,22H,9-11H2,1-3H3,(H,19,20). The first-order valence-corrected chi connectivity index (χ1v) is 7.95. The molecule has 1 aromatic heterocycles. The molecule has 2 heterocycles. The number of benzene rings is 1. The predicted molar refractivity (Wildman–Crippen MR) is 88.3 cm³/mol. The highest BCUT2D eigenvalue weighted by Gasteiger charge is 2.47. The third-order valence-corrected chi connectivity index (χ3v) is 4.98. The van der Waals surface area contributed by atoms with Gasteiger partial charge in [0.25, 0.3) is 0 Å². The first-order chi connectivity index (χ1) is 11.0. The molecule has 5 heteroatoms. The zero-order chi connectivity index (χ0) is 16.6. The van der Waals surface area contributed by atoms with Crippen molar-refractivity contribution in [2.45, 2.75) is 32.1 Å². The minimum atomic E-state index is -0.322. The summed E-state index contributed by atoms with van der Waals surface area (Å²) in [6.45, 7) is 6.96. The number of rotatable bonds is 4. The van der Waals surface area contributed by atoms with Crippen LogP contribution in [-0.4, -0.2) is 45.8 Å². The van der Waals surface area contributed by atoms with Crippen molar-refractivity contribution in [2.75, 3.05) is 19.7 Å². The molecule has 1 atom stereocenters. The summed E-state index contributed by atoms with van der Waals surface area (Å²) >= 11 is 0. The zero-order valence-corrected chi connectivity index (χ0v) is 13.8. The number of nitrogens with one attached hydrogen (secondary N) is 1. The van der Waals surface area contributed by atoms with E-state index in [1.807, 2.05) is 56.0 Å². The molecule has 1 aliphatic heterocycles. The Morgan fingerprint density at radius 1 is 1.35 bits per heavy atom. The SMILES string of the molecule is Cc1n[nH]c(C)c1C(C)C(=O)N1CC(CO)(c2ccccc2)C1. The van der Waals surface area contributed by atoms with Crippen molar-refractivity contribution in [3.05, 3.63) is 52.8 Å². The Morgan fingerprint density at radius 2 is 2.00 bits per heavy atom. The lowest BCUT2D eigenvalue weighted by atomic mass is 9.73. The average Bonchev–Trinajstić information content (AvgIpc) is 2.86. The van der Waals surface area contributed by atoms with E-state index >= 15 is 0 Å². The van der Waals surface area contributed by atoms with Crippen LogP contribution in [0.3, 0.4) is 0 Å². The Bertz CT molecular complexity index is 683. The molecule has 0 saturated carbocycles. The van der Waals surface area contributed by atoms with Crippen molar-refractivity contribution in [3.8, 4) is 0 Å². The Balaban J connectivity index is 1.75. The van der Waals surface area contributed by atoms with Crippen LogP contribution in [-0.2, 0) is 10.2 Å². The van der Waals surface area contributed by atoms with E-state index < -0.39 is 0 Å². The molecular weight excluding hydrogens is 290 g/mol. The summed E-state index contributed by atoms with van der Waals surface area (Å²) in [6, 6.07) is 9.94. The molecule has 1 fully saturated rings. The molecular formula is C18H23N3O2. The van der Waals surface area contributed by atoms with Gasteiger partial charge in [-0.25, -0.2) is 0 Å². The van der Waals surface area contributed by atoms with Crippen LogP contribution in [0.2, 0.25) is 0 Å². The van der Waals surface area contributed by atoms with Crippen molar-refractivity contribution >= 4 is 5.91 Å². The minimum Gasteiger partial charge on any atom is -0.395 e. The van der Waals surface area contributed by atoms with Crippen LogP contribution < -0.4 is 0 Å². The van der Waals surface area contributed by atoms with Crippen LogP contribution in [0.15, 0.2) is 30.3 Å². The molecule has 0 radical (unpaired) electrons. The van der Waals surface area contributed by atoms with Gasteiger partial charge in [-0.3, -0.25) is 9.89 Å². The van der Waals surface area contributed by atoms with E-state index in [-0.39, 0.29) is 23.8 Å². The molecule has 3 rings (SSSR count). The van der Waals surface area contributed by atoms with Gasteiger partial charge in [0.2, 0.25) is 5.91 Å². The van der Waals surface area contributed by atoms with Crippen molar-refractivity contribution in [1.29, 1.82) is 0 Å². The van der Waals surface area contributed by atoms with E-state index in [0.717, 1.165) is 22.5 Å². The fraction of sp³-hybridized carbons (Fsp3) is 0.444. The van der Waals surface area contributed by atoms with E-state index in [1.54, 1.807) is 0 Å². The normalized spacial score (nSPS) is 17.7. The molecule has 0 spiro atoms. The quantitative estimate of drug-likeness (QED) is 0.906. The highest BCUT2D eigenvalue weighted by atomic mass is 16.3. The number of hydrogen-bond donors (Lipinski definition) is 2. The largest absolute Gasteiger partial charge is 0.395 e. The number of likely N-dealkylation sites (tertiary alicyclic amines) is 1. The number of aliphatic hydroxyl groups excluding tert-OH is 1. The van der Waals surface area contributed by atoms with Gasteiger partial charge in [0, 0.05) is 24.3 Å². The number of nitrogens with zero attached hydrogens (tertiary/aromatic N) is 2. The summed E-state index contributed by atoms with van der Waals surface area (Å²) in [5.74, 6) is -0.126. The predicted octanol–water partition coefficient (Wildman–Crippen LogP) is 1.90. The molecule has 2 N–H and O–H groups in total. The Morgan fingerprint density at radius 3 is 2.52 bits per heavy atom. The summed E-state index contributed by atoms with van der Waals surface area (Å²) < 4.78 is 0. The third-order valence-electron chi connectivity index (χ3n) is 4.98. The molecule has 5 nitrogen and oxygen atoms in total. The van der Waals surface area contributed by atoms with Gasteiger partial charge < -0.3 is 10.0 Å². The summed E-state index contributed by atoms with van der Waals surface area (Å²) in [6.07, 6.45) is 0. The Hall–Kier alpha value is -2.14. The van der Waals surface area contributed by atoms with Gasteiger partial charge >= 0.3 is 0 Å². The molecule has 2 aromatic rings. The van der Waals surface area contributed by atoms with Gasteiger partial charge in [-0.2, -0.15) is 5.10 Å². The zero-order valence-electron chi connectivity index (χ0n) is 13.8. The maximum absolute atomic E-state index is 12.8. The van der Waals surface area contributed by atoms with E-state index in [9.17, 15) is 9.90 Å².